The average molecular weight is 462 g/mol. The Labute approximate surface area is 194 Å². The summed E-state index contributed by atoms with van der Waals surface area (Å²) in [6.07, 6.45) is 4.24. The summed E-state index contributed by atoms with van der Waals surface area (Å²) < 4.78 is 16.7. The topological polar surface area (TPSA) is 137 Å². The van der Waals surface area contributed by atoms with Crippen molar-refractivity contribution >= 4 is 39.7 Å². The van der Waals surface area contributed by atoms with Gasteiger partial charge in [-0.3, -0.25) is 19.3 Å². The van der Waals surface area contributed by atoms with Gasteiger partial charge in [-0.25, -0.2) is 14.4 Å². The summed E-state index contributed by atoms with van der Waals surface area (Å²) in [6, 6.07) is 5.26. The molecule has 4 aromatic rings. The summed E-state index contributed by atoms with van der Waals surface area (Å²) in [4.78, 5) is 26.2. The molecule has 1 aromatic carbocycles. The van der Waals surface area contributed by atoms with Gasteiger partial charge in [0.15, 0.2) is 11.6 Å². The van der Waals surface area contributed by atoms with Gasteiger partial charge in [0.05, 0.1) is 23.3 Å². The van der Waals surface area contributed by atoms with Crippen molar-refractivity contribution in [2.24, 2.45) is 0 Å². The molecule has 1 aliphatic rings. The molecule has 1 amide bonds. The van der Waals surface area contributed by atoms with Crippen LogP contribution in [-0.2, 0) is 16.2 Å². The van der Waals surface area contributed by atoms with Crippen LogP contribution >= 0.6 is 0 Å². The van der Waals surface area contributed by atoms with Crippen LogP contribution in [0, 0.1) is 12.7 Å². The van der Waals surface area contributed by atoms with Gasteiger partial charge >= 0.3 is 0 Å². The monoisotopic (exact) mass is 462 g/mol. The first-order valence-corrected chi connectivity index (χ1v) is 10.6. The Bertz CT molecular complexity index is 1450. The summed E-state index contributed by atoms with van der Waals surface area (Å²) >= 11 is 0. The number of benzene rings is 1. The number of pyridine rings is 2. The van der Waals surface area contributed by atoms with Gasteiger partial charge in [-0.1, -0.05) is 0 Å². The number of carbonyl (C=O) groups excluding carboxylic acids is 1. The van der Waals surface area contributed by atoms with Gasteiger partial charge < -0.3 is 16.8 Å². The molecule has 0 fully saturated rings. The van der Waals surface area contributed by atoms with Crippen molar-refractivity contribution in [1.82, 2.24) is 24.8 Å². The van der Waals surface area contributed by atoms with E-state index in [4.69, 9.17) is 16.3 Å². The zero-order valence-corrected chi connectivity index (χ0v) is 18.8. The molecule has 1 aliphatic heterocycles. The van der Waals surface area contributed by atoms with E-state index >= 15 is 4.39 Å². The molecule has 0 radical (unpaired) electrons. The molecule has 10 nitrogen and oxygen atoms in total. The third-order valence-electron chi connectivity index (χ3n) is 5.98. The number of nitrogens with zero attached hydrogens (tertiary/aromatic N) is 5. The highest BCUT2D eigenvalue weighted by atomic mass is 19.1. The molecule has 34 heavy (non-hydrogen) atoms. The molecule has 4 heterocycles. The molecular formula is C23H23FN8O2. The highest BCUT2D eigenvalue weighted by molar-refractivity contribution is 5.98. The molecule has 5 rings (SSSR count). The molecule has 0 unspecified atom stereocenters. The van der Waals surface area contributed by atoms with E-state index in [-0.39, 0.29) is 24.2 Å². The van der Waals surface area contributed by atoms with Gasteiger partial charge in [0.1, 0.15) is 18.5 Å². The Kier molecular flexibility index (Phi) is 5.05. The van der Waals surface area contributed by atoms with E-state index in [9.17, 15) is 4.79 Å². The number of fused-ring (bicyclic) bond motifs is 2. The largest absolute Gasteiger partial charge is 0.397 e. The van der Waals surface area contributed by atoms with Crippen LogP contribution in [0.1, 0.15) is 24.3 Å². The lowest BCUT2D eigenvalue weighted by atomic mass is 9.97. The lowest BCUT2D eigenvalue weighted by molar-refractivity contribution is -0.192. The van der Waals surface area contributed by atoms with Gasteiger partial charge in [-0.2, -0.15) is 5.10 Å². The van der Waals surface area contributed by atoms with E-state index in [2.05, 4.69) is 20.4 Å². The summed E-state index contributed by atoms with van der Waals surface area (Å²) in [5.41, 5.74) is 14.9. The third-order valence-corrected chi connectivity index (χ3v) is 5.98. The van der Waals surface area contributed by atoms with Crippen molar-refractivity contribution in [2.45, 2.75) is 26.5 Å². The highest BCUT2D eigenvalue weighted by Crippen LogP contribution is 2.36. The van der Waals surface area contributed by atoms with Crippen LogP contribution in [0.4, 0.5) is 27.4 Å². The third kappa shape index (κ3) is 3.55. The smallest absolute Gasteiger partial charge is 0.267 e. The molecule has 11 heteroatoms. The van der Waals surface area contributed by atoms with Gasteiger partial charge in [-0.15, -0.1) is 0 Å². The first kappa shape index (κ1) is 21.6. The van der Waals surface area contributed by atoms with Crippen LogP contribution in [-0.4, -0.2) is 37.8 Å². The number of nitrogens with one attached hydrogen (secondary N) is 1. The maximum absolute atomic E-state index is 15.1. The first-order valence-electron chi connectivity index (χ1n) is 10.6. The number of hydroxylamine groups is 2. The number of rotatable bonds is 3. The SMILES string of the molecule is Cc1c(N)cncc1-c1cc2cc(Nc3cc4n(n3)CC(=O)N(C)O[C@@H]4C)ncc2c(N)c1F. The molecule has 0 spiro atoms. The number of likely N-dealkylation sites (N-methyl/N-ethyl adjacent to an activating group) is 1. The second-order valence-corrected chi connectivity index (χ2v) is 8.22. The summed E-state index contributed by atoms with van der Waals surface area (Å²) in [5, 5.41) is 10.00. The number of anilines is 4. The van der Waals surface area contributed by atoms with Crippen molar-refractivity contribution in [3.05, 3.63) is 53.9 Å². The van der Waals surface area contributed by atoms with Crippen LogP contribution in [0.3, 0.4) is 0 Å². The Morgan fingerprint density at radius 3 is 2.74 bits per heavy atom. The molecule has 3 aromatic heterocycles. The number of aromatic nitrogens is 4. The fourth-order valence-electron chi connectivity index (χ4n) is 4.03. The fourth-order valence-corrected chi connectivity index (χ4v) is 4.03. The van der Waals surface area contributed by atoms with E-state index in [1.807, 2.05) is 13.8 Å². The summed E-state index contributed by atoms with van der Waals surface area (Å²) in [5.74, 6) is 0.227. The number of carbonyl (C=O) groups is 1. The minimum Gasteiger partial charge on any atom is -0.397 e. The lowest BCUT2D eigenvalue weighted by Crippen LogP contribution is -2.28. The fraction of sp³-hybridized carbons (Fsp3) is 0.217. The second kappa shape index (κ2) is 7.96. The number of halogens is 1. The van der Waals surface area contributed by atoms with Gasteiger partial charge in [0, 0.05) is 42.0 Å². The van der Waals surface area contributed by atoms with Crippen LogP contribution in [0.2, 0.25) is 0 Å². The van der Waals surface area contributed by atoms with Gasteiger partial charge in [-0.05, 0) is 36.9 Å². The summed E-state index contributed by atoms with van der Waals surface area (Å²) in [7, 11) is 1.58. The number of nitrogens with two attached hydrogens (primary N) is 2. The van der Waals surface area contributed by atoms with E-state index in [0.29, 0.717) is 39.2 Å². The zero-order chi connectivity index (χ0) is 24.1. The highest BCUT2D eigenvalue weighted by Gasteiger charge is 2.26. The summed E-state index contributed by atoms with van der Waals surface area (Å²) in [6.45, 7) is 3.71. The van der Waals surface area contributed by atoms with Crippen LogP contribution in [0.15, 0.2) is 36.8 Å². The van der Waals surface area contributed by atoms with Crippen molar-refractivity contribution in [2.75, 3.05) is 23.8 Å². The number of hydrogen-bond acceptors (Lipinski definition) is 8. The molecule has 174 valence electrons. The van der Waals surface area contributed by atoms with Crippen molar-refractivity contribution in [1.29, 1.82) is 0 Å². The minimum absolute atomic E-state index is 0.00399. The number of hydrogen-bond donors (Lipinski definition) is 3. The van der Waals surface area contributed by atoms with Crippen molar-refractivity contribution < 1.29 is 14.0 Å². The predicted molar refractivity (Wildman–Crippen MR) is 126 cm³/mol. The maximum atomic E-state index is 15.1. The molecular weight excluding hydrogens is 439 g/mol. The van der Waals surface area contributed by atoms with Crippen LogP contribution < -0.4 is 16.8 Å². The Balaban J connectivity index is 1.53. The van der Waals surface area contributed by atoms with Crippen LogP contribution in [0.5, 0.6) is 0 Å². The Hall–Kier alpha value is -4.25. The standard InChI is InChI=1S/C23H23FN8O2/c1-11-15(7-27-9-17(11)25)14-4-13-5-19(28-8-16(13)23(26)22(14)24)29-20-6-18-12(2)34-31(3)21(33)10-32(18)30-20/h4-9,12H,10,25-26H2,1-3H3,(H,28,29,30)/t12-/m1/s1. The van der Waals surface area contributed by atoms with E-state index < -0.39 is 5.82 Å². The lowest BCUT2D eigenvalue weighted by Gasteiger charge is -2.16. The van der Waals surface area contributed by atoms with E-state index in [1.165, 1.54) is 17.5 Å². The number of amides is 1. The van der Waals surface area contributed by atoms with Crippen molar-refractivity contribution in [3.63, 3.8) is 0 Å². The normalized spacial score (nSPS) is 15.9. The van der Waals surface area contributed by atoms with Gasteiger partial charge in [0.25, 0.3) is 5.91 Å². The predicted octanol–water partition coefficient (Wildman–Crippen LogP) is 3.31. The first-order chi connectivity index (χ1) is 16.2. The van der Waals surface area contributed by atoms with Crippen LogP contribution in [0.25, 0.3) is 21.9 Å². The minimum atomic E-state index is -0.549. The van der Waals surface area contributed by atoms with E-state index in [1.54, 1.807) is 36.1 Å². The average Bonchev–Trinajstić information content (AvgIpc) is 3.16. The molecule has 0 bridgehead atoms. The molecule has 0 saturated carbocycles. The van der Waals surface area contributed by atoms with Gasteiger partial charge in [0.2, 0.25) is 0 Å². The maximum Gasteiger partial charge on any atom is 0.267 e. The number of nitrogen functional groups attached to an aromatic ring is 2. The molecule has 0 saturated heterocycles. The Morgan fingerprint density at radius 1 is 1.15 bits per heavy atom. The molecule has 1 atom stereocenters. The zero-order valence-electron chi connectivity index (χ0n) is 18.8. The van der Waals surface area contributed by atoms with E-state index in [0.717, 1.165) is 11.3 Å². The molecule has 0 aliphatic carbocycles. The Morgan fingerprint density at radius 2 is 1.94 bits per heavy atom. The van der Waals surface area contributed by atoms with Crippen molar-refractivity contribution in [3.8, 4) is 11.1 Å². The molecule has 5 N–H and O–H groups in total. The second-order valence-electron chi connectivity index (χ2n) is 8.22. The quantitative estimate of drug-likeness (QED) is 0.394.